The average molecular weight is 419 g/mol. The van der Waals surface area contributed by atoms with Crippen molar-refractivity contribution in [2.75, 3.05) is 0 Å². The molecule has 0 spiro atoms. The maximum atomic E-state index is 14.2. The predicted molar refractivity (Wildman–Crippen MR) is 94.1 cm³/mol. The zero-order chi connectivity index (χ0) is 21.7. The highest BCUT2D eigenvalue weighted by Crippen LogP contribution is 2.34. The quantitative estimate of drug-likeness (QED) is 0.554. The van der Waals surface area contributed by atoms with E-state index in [4.69, 9.17) is 0 Å². The number of benzene rings is 2. The standard InChI is InChI=1S/C20H19F6NO2/c21-15-8-6-14(7-9-15)17(20(24,25)26)27-16(18(28)29)10-11-19(22,23)12-13-4-2-1-3-5-13/h1-9,16-17,27H,10-12H2,(H,28,29)/t16-,17-/m0/s1. The van der Waals surface area contributed by atoms with E-state index in [1.165, 1.54) is 12.1 Å². The third-order valence-corrected chi connectivity index (χ3v) is 4.30. The van der Waals surface area contributed by atoms with Crippen LogP contribution in [0.5, 0.6) is 0 Å². The third-order valence-electron chi connectivity index (χ3n) is 4.30. The SMILES string of the molecule is O=C(O)[C@H](CCC(F)(F)Cc1ccccc1)N[C@@H](c1ccc(F)cc1)C(F)(F)F. The van der Waals surface area contributed by atoms with Gasteiger partial charge in [0.05, 0.1) is 0 Å². The Hall–Kier alpha value is -2.55. The maximum absolute atomic E-state index is 14.2. The summed E-state index contributed by atoms with van der Waals surface area (Å²) < 4.78 is 81.5. The summed E-state index contributed by atoms with van der Waals surface area (Å²) in [6.45, 7) is 0. The molecule has 0 aromatic heterocycles. The number of carboxylic acid groups (broad SMARTS) is 1. The van der Waals surface area contributed by atoms with Gasteiger partial charge in [0, 0.05) is 12.8 Å². The largest absolute Gasteiger partial charge is 0.480 e. The van der Waals surface area contributed by atoms with Crippen molar-refractivity contribution in [2.24, 2.45) is 0 Å². The minimum atomic E-state index is -4.90. The van der Waals surface area contributed by atoms with Crippen LogP contribution in [0.2, 0.25) is 0 Å². The van der Waals surface area contributed by atoms with Gasteiger partial charge in [-0.05, 0) is 29.7 Å². The average Bonchev–Trinajstić information content (AvgIpc) is 2.62. The van der Waals surface area contributed by atoms with E-state index in [0.717, 1.165) is 24.3 Å². The van der Waals surface area contributed by atoms with Crippen LogP contribution < -0.4 is 5.32 Å². The van der Waals surface area contributed by atoms with Crippen LogP contribution in [-0.4, -0.2) is 29.2 Å². The molecule has 0 amide bonds. The Balaban J connectivity index is 2.10. The molecule has 0 fully saturated rings. The molecule has 2 aromatic rings. The molecule has 0 saturated heterocycles. The number of halogens is 6. The molecular formula is C20H19F6NO2. The smallest absolute Gasteiger partial charge is 0.407 e. The van der Waals surface area contributed by atoms with Gasteiger partial charge in [0.25, 0.3) is 5.92 Å². The van der Waals surface area contributed by atoms with E-state index >= 15 is 0 Å². The van der Waals surface area contributed by atoms with Crippen LogP contribution in [0.3, 0.4) is 0 Å². The van der Waals surface area contributed by atoms with Crippen molar-refractivity contribution < 1.29 is 36.2 Å². The maximum Gasteiger partial charge on any atom is 0.407 e. The summed E-state index contributed by atoms with van der Waals surface area (Å²) in [5, 5.41) is 11.1. The molecule has 9 heteroatoms. The van der Waals surface area contributed by atoms with Crippen molar-refractivity contribution >= 4 is 5.97 Å². The van der Waals surface area contributed by atoms with E-state index in [1.54, 1.807) is 18.2 Å². The van der Waals surface area contributed by atoms with E-state index in [1.807, 2.05) is 5.32 Å². The van der Waals surface area contributed by atoms with E-state index in [2.05, 4.69) is 0 Å². The lowest BCUT2D eigenvalue weighted by Gasteiger charge is -2.27. The number of carboxylic acids is 1. The molecule has 0 unspecified atom stereocenters. The molecule has 0 bridgehead atoms. The summed E-state index contributed by atoms with van der Waals surface area (Å²) in [6, 6.07) is 6.79. The molecule has 0 aliphatic heterocycles. The molecule has 0 heterocycles. The van der Waals surface area contributed by atoms with Crippen molar-refractivity contribution in [1.29, 1.82) is 0 Å². The normalized spacial score (nSPS) is 14.4. The van der Waals surface area contributed by atoms with Crippen molar-refractivity contribution in [1.82, 2.24) is 5.32 Å². The first-order chi connectivity index (χ1) is 13.5. The number of alkyl halides is 5. The number of hydrogen-bond acceptors (Lipinski definition) is 2. The number of hydrogen-bond donors (Lipinski definition) is 2. The van der Waals surface area contributed by atoms with E-state index in [9.17, 15) is 36.2 Å². The minimum Gasteiger partial charge on any atom is -0.480 e. The van der Waals surface area contributed by atoms with Gasteiger partial charge in [-0.25, -0.2) is 13.2 Å². The summed E-state index contributed by atoms with van der Waals surface area (Å²) in [5.41, 5.74) is -0.0852. The van der Waals surface area contributed by atoms with Gasteiger partial charge in [0.2, 0.25) is 0 Å². The number of aliphatic carboxylic acids is 1. The molecule has 29 heavy (non-hydrogen) atoms. The van der Waals surface area contributed by atoms with Gasteiger partial charge in [-0.3, -0.25) is 10.1 Å². The van der Waals surface area contributed by atoms with E-state index < -0.39 is 60.8 Å². The minimum absolute atomic E-state index is 0.330. The second-order valence-electron chi connectivity index (χ2n) is 6.64. The molecule has 3 nitrogen and oxygen atoms in total. The number of rotatable bonds is 9. The summed E-state index contributed by atoms with van der Waals surface area (Å²) >= 11 is 0. The van der Waals surface area contributed by atoms with Gasteiger partial charge < -0.3 is 5.11 Å². The Kier molecular flexibility index (Phi) is 7.29. The Labute approximate surface area is 163 Å². The van der Waals surface area contributed by atoms with Crippen LogP contribution in [0.4, 0.5) is 26.3 Å². The molecule has 0 aliphatic rings. The van der Waals surface area contributed by atoms with Crippen LogP contribution in [0.25, 0.3) is 0 Å². The summed E-state index contributed by atoms with van der Waals surface area (Å²) in [4.78, 5) is 11.4. The van der Waals surface area contributed by atoms with Crippen LogP contribution in [0.15, 0.2) is 54.6 Å². The molecule has 0 radical (unpaired) electrons. The lowest BCUT2D eigenvalue weighted by atomic mass is 9.99. The van der Waals surface area contributed by atoms with Crippen molar-refractivity contribution in [3.8, 4) is 0 Å². The molecule has 2 atom stereocenters. The molecular weight excluding hydrogens is 400 g/mol. The first kappa shape index (κ1) is 22.7. The second kappa shape index (κ2) is 9.30. The highest BCUT2D eigenvalue weighted by atomic mass is 19.4. The first-order valence-corrected chi connectivity index (χ1v) is 8.71. The van der Waals surface area contributed by atoms with Gasteiger partial charge in [0.1, 0.15) is 17.9 Å². The van der Waals surface area contributed by atoms with Gasteiger partial charge in [-0.1, -0.05) is 42.5 Å². The highest BCUT2D eigenvalue weighted by molar-refractivity contribution is 5.73. The van der Waals surface area contributed by atoms with Crippen LogP contribution in [0, 0.1) is 5.82 Å². The Morgan fingerprint density at radius 1 is 0.966 bits per heavy atom. The van der Waals surface area contributed by atoms with Crippen molar-refractivity contribution in [2.45, 2.75) is 43.4 Å². The fourth-order valence-corrected chi connectivity index (χ4v) is 2.85. The topological polar surface area (TPSA) is 49.3 Å². The van der Waals surface area contributed by atoms with Crippen LogP contribution in [-0.2, 0) is 11.2 Å². The summed E-state index contributed by atoms with van der Waals surface area (Å²) in [5.74, 6) is -5.73. The fraction of sp³-hybridized carbons (Fsp3) is 0.350. The van der Waals surface area contributed by atoms with E-state index in [0.29, 0.717) is 5.56 Å². The lowest BCUT2D eigenvalue weighted by Crippen LogP contribution is -2.45. The van der Waals surface area contributed by atoms with Crippen molar-refractivity contribution in [3.63, 3.8) is 0 Å². The van der Waals surface area contributed by atoms with Crippen molar-refractivity contribution in [3.05, 3.63) is 71.5 Å². The molecule has 0 saturated carbocycles. The molecule has 2 rings (SSSR count). The van der Waals surface area contributed by atoms with Crippen LogP contribution >= 0.6 is 0 Å². The summed E-state index contributed by atoms with van der Waals surface area (Å²) in [7, 11) is 0. The molecule has 158 valence electrons. The first-order valence-electron chi connectivity index (χ1n) is 8.71. The van der Waals surface area contributed by atoms with Gasteiger partial charge >= 0.3 is 12.1 Å². The molecule has 2 N–H and O–H groups in total. The zero-order valence-electron chi connectivity index (χ0n) is 15.1. The Bertz CT molecular complexity index is 793. The predicted octanol–water partition coefficient (Wildman–Crippen LogP) is 5.13. The fourth-order valence-electron chi connectivity index (χ4n) is 2.85. The Morgan fingerprint density at radius 3 is 2.07 bits per heavy atom. The molecule has 2 aromatic carbocycles. The van der Waals surface area contributed by atoms with Gasteiger partial charge in [-0.15, -0.1) is 0 Å². The molecule has 0 aliphatic carbocycles. The highest BCUT2D eigenvalue weighted by Gasteiger charge is 2.43. The zero-order valence-corrected chi connectivity index (χ0v) is 15.1. The monoisotopic (exact) mass is 419 g/mol. The van der Waals surface area contributed by atoms with E-state index in [-0.39, 0.29) is 0 Å². The third kappa shape index (κ3) is 7.08. The lowest BCUT2D eigenvalue weighted by molar-refractivity contribution is -0.163. The van der Waals surface area contributed by atoms with Crippen LogP contribution in [0.1, 0.15) is 30.0 Å². The van der Waals surface area contributed by atoms with Gasteiger partial charge in [-0.2, -0.15) is 13.2 Å². The number of carbonyl (C=O) groups is 1. The van der Waals surface area contributed by atoms with Gasteiger partial charge in [0.15, 0.2) is 0 Å². The summed E-state index contributed by atoms with van der Waals surface area (Å²) in [6.07, 6.45) is -7.19. The Morgan fingerprint density at radius 2 is 1.55 bits per heavy atom. The second-order valence-corrected chi connectivity index (χ2v) is 6.64. The number of nitrogens with one attached hydrogen (secondary N) is 1.